The summed E-state index contributed by atoms with van der Waals surface area (Å²) in [7, 11) is 1.79. The Kier molecular flexibility index (Phi) is 4.43. The van der Waals surface area contributed by atoms with E-state index in [-0.39, 0.29) is 5.91 Å². The summed E-state index contributed by atoms with van der Waals surface area (Å²) in [4.78, 5) is 16.2. The van der Waals surface area contributed by atoms with Crippen molar-refractivity contribution >= 4 is 23.3 Å². The van der Waals surface area contributed by atoms with Crippen LogP contribution in [0.25, 0.3) is 0 Å². The summed E-state index contributed by atoms with van der Waals surface area (Å²) in [6, 6.07) is 9.46. The molecule has 0 aliphatic heterocycles. The molecular weight excluding hydrogens is 314 g/mol. The third kappa shape index (κ3) is 3.78. The van der Waals surface area contributed by atoms with Crippen LogP contribution in [0.5, 0.6) is 0 Å². The Morgan fingerprint density at radius 2 is 2.13 bits per heavy atom. The molecule has 3 rings (SSSR count). The van der Waals surface area contributed by atoms with Crippen molar-refractivity contribution in [2.24, 2.45) is 7.05 Å². The number of hydrogen-bond acceptors (Lipinski definition) is 3. The van der Waals surface area contributed by atoms with E-state index in [1.807, 2.05) is 28.8 Å². The second kappa shape index (κ2) is 6.66. The van der Waals surface area contributed by atoms with Crippen molar-refractivity contribution in [3.63, 3.8) is 0 Å². The Hall–Kier alpha value is -2.60. The van der Waals surface area contributed by atoms with Crippen LogP contribution >= 0.6 is 11.6 Å². The van der Waals surface area contributed by atoms with E-state index in [1.54, 1.807) is 36.5 Å². The Labute approximate surface area is 138 Å². The molecule has 6 nitrogen and oxygen atoms in total. The van der Waals surface area contributed by atoms with Gasteiger partial charge in [0, 0.05) is 37.1 Å². The molecule has 23 heavy (non-hydrogen) atoms. The van der Waals surface area contributed by atoms with Gasteiger partial charge >= 0.3 is 0 Å². The molecule has 7 heteroatoms. The lowest BCUT2D eigenvalue weighted by Gasteiger charge is -2.04. The zero-order valence-corrected chi connectivity index (χ0v) is 13.4. The monoisotopic (exact) mass is 329 g/mol. The first-order valence-electron chi connectivity index (χ1n) is 7.18. The summed E-state index contributed by atoms with van der Waals surface area (Å²) in [6.45, 7) is 0.702. The summed E-state index contributed by atoms with van der Waals surface area (Å²) in [5.74, 6) is 0.225. The van der Waals surface area contributed by atoms with E-state index in [0.717, 1.165) is 17.0 Å². The van der Waals surface area contributed by atoms with Crippen LogP contribution in [0.3, 0.4) is 0 Å². The summed E-state index contributed by atoms with van der Waals surface area (Å²) in [6.07, 6.45) is 5.90. The van der Waals surface area contributed by atoms with Crippen molar-refractivity contribution in [1.82, 2.24) is 19.3 Å². The van der Waals surface area contributed by atoms with Crippen LogP contribution in [0.4, 0.5) is 5.82 Å². The van der Waals surface area contributed by atoms with Crippen molar-refractivity contribution in [2.45, 2.75) is 13.0 Å². The van der Waals surface area contributed by atoms with Crippen LogP contribution in [-0.4, -0.2) is 25.2 Å². The number of carbonyl (C=O) groups excluding carboxylic acids is 1. The summed E-state index contributed by atoms with van der Waals surface area (Å²) in [5, 5.41) is 7.56. The lowest BCUT2D eigenvalue weighted by molar-refractivity contribution is 0.102. The van der Waals surface area contributed by atoms with Crippen LogP contribution in [0, 0.1) is 0 Å². The van der Waals surface area contributed by atoms with Crippen LogP contribution in [-0.2, 0) is 20.0 Å². The molecule has 2 aromatic heterocycles. The molecule has 0 atom stereocenters. The van der Waals surface area contributed by atoms with E-state index >= 15 is 0 Å². The molecule has 0 fully saturated rings. The fourth-order valence-corrected chi connectivity index (χ4v) is 2.44. The zero-order valence-electron chi connectivity index (χ0n) is 12.6. The largest absolute Gasteiger partial charge is 0.336 e. The molecule has 0 radical (unpaired) electrons. The molecule has 0 aliphatic carbocycles. The van der Waals surface area contributed by atoms with E-state index in [4.69, 9.17) is 11.6 Å². The van der Waals surface area contributed by atoms with E-state index in [9.17, 15) is 4.79 Å². The number of nitrogens with zero attached hydrogens (tertiary/aromatic N) is 4. The summed E-state index contributed by atoms with van der Waals surface area (Å²) >= 11 is 6.14. The number of imidazole rings is 1. The van der Waals surface area contributed by atoms with Crippen molar-refractivity contribution in [3.8, 4) is 0 Å². The second-order valence-corrected chi connectivity index (χ2v) is 5.57. The highest BCUT2D eigenvalue weighted by Crippen LogP contribution is 2.16. The van der Waals surface area contributed by atoms with Gasteiger partial charge in [-0.05, 0) is 18.1 Å². The first kappa shape index (κ1) is 15.3. The smallest absolute Gasteiger partial charge is 0.277 e. The van der Waals surface area contributed by atoms with Gasteiger partial charge in [-0.2, -0.15) is 5.10 Å². The SMILES string of the molecule is Cn1ccc(NC(=O)c2cn(CCc3ccccc3Cl)cn2)n1. The number of benzene rings is 1. The number of hydrogen-bond donors (Lipinski definition) is 1. The first-order valence-corrected chi connectivity index (χ1v) is 7.56. The number of aromatic nitrogens is 4. The van der Waals surface area contributed by atoms with Crippen molar-refractivity contribution in [2.75, 3.05) is 5.32 Å². The molecule has 0 spiro atoms. The average molecular weight is 330 g/mol. The molecule has 0 bridgehead atoms. The number of amides is 1. The highest BCUT2D eigenvalue weighted by atomic mass is 35.5. The fourth-order valence-electron chi connectivity index (χ4n) is 2.21. The van der Waals surface area contributed by atoms with Gasteiger partial charge in [0.1, 0.15) is 5.69 Å². The average Bonchev–Trinajstić information content (AvgIpc) is 3.16. The molecule has 3 aromatic rings. The van der Waals surface area contributed by atoms with E-state index in [0.29, 0.717) is 18.1 Å². The number of rotatable bonds is 5. The molecule has 0 aliphatic rings. The fraction of sp³-hybridized carbons (Fsp3) is 0.188. The van der Waals surface area contributed by atoms with Crippen molar-refractivity contribution in [3.05, 3.63) is 65.3 Å². The van der Waals surface area contributed by atoms with Gasteiger partial charge in [-0.15, -0.1) is 0 Å². The van der Waals surface area contributed by atoms with E-state index < -0.39 is 0 Å². The molecule has 1 N–H and O–H groups in total. The molecule has 1 amide bonds. The van der Waals surface area contributed by atoms with E-state index in [2.05, 4.69) is 15.4 Å². The number of aryl methyl sites for hydroxylation is 3. The highest BCUT2D eigenvalue weighted by Gasteiger charge is 2.11. The predicted octanol–water partition coefficient (Wildman–Crippen LogP) is 2.77. The van der Waals surface area contributed by atoms with Gasteiger partial charge < -0.3 is 9.88 Å². The summed E-state index contributed by atoms with van der Waals surface area (Å²) in [5.41, 5.74) is 1.43. The minimum Gasteiger partial charge on any atom is -0.336 e. The second-order valence-electron chi connectivity index (χ2n) is 5.17. The molecule has 0 unspecified atom stereocenters. The predicted molar refractivity (Wildman–Crippen MR) is 88.5 cm³/mol. The number of halogens is 1. The topological polar surface area (TPSA) is 64.7 Å². The molecular formula is C16H16ClN5O. The lowest BCUT2D eigenvalue weighted by Crippen LogP contribution is -2.13. The van der Waals surface area contributed by atoms with E-state index in [1.165, 1.54) is 0 Å². The molecule has 2 heterocycles. The van der Waals surface area contributed by atoms with Crippen molar-refractivity contribution < 1.29 is 4.79 Å². The van der Waals surface area contributed by atoms with Crippen LogP contribution in [0.1, 0.15) is 16.1 Å². The Balaban J connectivity index is 1.61. The zero-order chi connectivity index (χ0) is 16.2. The minimum atomic E-state index is -0.278. The minimum absolute atomic E-state index is 0.278. The third-order valence-corrected chi connectivity index (χ3v) is 3.79. The molecule has 0 saturated heterocycles. The van der Waals surface area contributed by atoms with Gasteiger partial charge in [-0.1, -0.05) is 29.8 Å². The van der Waals surface area contributed by atoms with Crippen LogP contribution in [0.15, 0.2) is 49.1 Å². The maximum Gasteiger partial charge on any atom is 0.277 e. The Morgan fingerprint density at radius 3 is 2.87 bits per heavy atom. The first-order chi connectivity index (χ1) is 11.1. The van der Waals surface area contributed by atoms with Crippen LogP contribution < -0.4 is 5.32 Å². The third-order valence-electron chi connectivity index (χ3n) is 3.42. The summed E-state index contributed by atoms with van der Waals surface area (Å²) < 4.78 is 3.49. The van der Waals surface area contributed by atoms with Crippen LogP contribution in [0.2, 0.25) is 5.02 Å². The molecule has 1 aromatic carbocycles. The van der Waals surface area contributed by atoms with Gasteiger partial charge in [-0.25, -0.2) is 4.98 Å². The number of anilines is 1. The standard InChI is InChI=1S/C16H16ClN5O/c1-21-8-7-15(20-21)19-16(23)14-10-22(11-18-14)9-6-12-4-2-3-5-13(12)17/h2-5,7-8,10-11H,6,9H2,1H3,(H,19,20,23). The van der Waals surface area contributed by atoms with Gasteiger partial charge in [0.15, 0.2) is 5.82 Å². The lowest BCUT2D eigenvalue weighted by atomic mass is 10.1. The maximum absolute atomic E-state index is 12.1. The van der Waals surface area contributed by atoms with Crippen molar-refractivity contribution in [1.29, 1.82) is 0 Å². The Morgan fingerprint density at radius 1 is 1.30 bits per heavy atom. The number of carbonyl (C=O) groups is 1. The quantitative estimate of drug-likeness (QED) is 0.782. The number of nitrogens with one attached hydrogen (secondary N) is 1. The van der Waals surface area contributed by atoms with Gasteiger partial charge in [0.25, 0.3) is 5.91 Å². The van der Waals surface area contributed by atoms with Gasteiger partial charge in [0.05, 0.1) is 6.33 Å². The Bertz CT molecular complexity index is 823. The molecule has 118 valence electrons. The van der Waals surface area contributed by atoms with Gasteiger partial charge in [0.2, 0.25) is 0 Å². The van der Waals surface area contributed by atoms with Gasteiger partial charge in [-0.3, -0.25) is 9.48 Å². The maximum atomic E-state index is 12.1. The highest BCUT2D eigenvalue weighted by molar-refractivity contribution is 6.31. The normalized spacial score (nSPS) is 10.7. The molecule has 0 saturated carbocycles.